The van der Waals surface area contributed by atoms with E-state index in [-0.39, 0.29) is 23.4 Å². The minimum atomic E-state index is -0.492. The summed E-state index contributed by atoms with van der Waals surface area (Å²) in [5.41, 5.74) is 0.923. The highest BCUT2D eigenvalue weighted by Crippen LogP contribution is 2.14. The number of carbonyl (C=O) groups excluding carboxylic acids is 4. The highest BCUT2D eigenvalue weighted by Gasteiger charge is 2.17. The molecule has 10 heteroatoms. The number of amides is 2. The van der Waals surface area contributed by atoms with Crippen LogP contribution in [0.5, 0.6) is 0 Å². The van der Waals surface area contributed by atoms with Gasteiger partial charge in [0.15, 0.2) is 11.6 Å². The van der Waals surface area contributed by atoms with E-state index in [0.29, 0.717) is 24.0 Å². The molecule has 2 rings (SSSR count). The lowest BCUT2D eigenvalue weighted by atomic mass is 10.1. The lowest BCUT2D eigenvalue weighted by molar-refractivity contribution is -0.120. The molecular formula is C32H46N4O4S2. The normalized spacial score (nSPS) is 12.3. The van der Waals surface area contributed by atoms with Gasteiger partial charge in [-0.1, -0.05) is 38.5 Å². The van der Waals surface area contributed by atoms with E-state index in [1.807, 2.05) is 23.5 Å². The maximum Gasteiger partial charge on any atom is 0.253 e. The van der Waals surface area contributed by atoms with E-state index in [9.17, 15) is 19.2 Å². The summed E-state index contributed by atoms with van der Waals surface area (Å²) in [6.45, 7) is 3.47. The molecule has 0 saturated heterocycles. The average molecular weight is 615 g/mol. The van der Waals surface area contributed by atoms with E-state index >= 15 is 0 Å². The summed E-state index contributed by atoms with van der Waals surface area (Å²) in [5, 5.41) is 5.50. The van der Waals surface area contributed by atoms with Crippen molar-refractivity contribution in [3.05, 3.63) is 60.2 Å². The molecule has 0 aliphatic rings. The van der Waals surface area contributed by atoms with Gasteiger partial charge < -0.3 is 10.6 Å². The summed E-state index contributed by atoms with van der Waals surface area (Å²) in [5.74, 6) is 3.30. The van der Waals surface area contributed by atoms with Gasteiger partial charge in [-0.3, -0.25) is 29.1 Å². The van der Waals surface area contributed by atoms with E-state index in [1.165, 1.54) is 63.8 Å². The summed E-state index contributed by atoms with van der Waals surface area (Å²) < 4.78 is 0. The van der Waals surface area contributed by atoms with Crippen LogP contribution in [0.1, 0.15) is 98.8 Å². The second-order valence-corrected chi connectivity index (χ2v) is 12.8. The molecule has 0 saturated carbocycles. The lowest BCUT2D eigenvalue weighted by Gasteiger charge is -2.12. The molecule has 0 spiro atoms. The van der Waals surface area contributed by atoms with Crippen molar-refractivity contribution in [2.75, 3.05) is 23.0 Å². The summed E-state index contributed by atoms with van der Waals surface area (Å²) in [7, 11) is 0. The molecule has 0 aliphatic heterocycles. The van der Waals surface area contributed by atoms with E-state index < -0.39 is 12.1 Å². The first-order chi connectivity index (χ1) is 20.4. The molecule has 0 aromatic carbocycles. The van der Waals surface area contributed by atoms with Crippen LogP contribution in [-0.4, -0.2) is 68.4 Å². The van der Waals surface area contributed by atoms with Gasteiger partial charge in [0.05, 0.1) is 23.2 Å². The summed E-state index contributed by atoms with van der Waals surface area (Å²) in [6.07, 6.45) is 17.0. The number of carbonyl (C=O) groups is 4. The molecule has 0 fully saturated rings. The number of rotatable bonds is 23. The zero-order chi connectivity index (χ0) is 30.4. The first-order valence-corrected chi connectivity index (χ1v) is 17.3. The summed E-state index contributed by atoms with van der Waals surface area (Å²) >= 11 is 3.63. The van der Waals surface area contributed by atoms with Gasteiger partial charge in [0.1, 0.15) is 0 Å². The topological polar surface area (TPSA) is 118 Å². The minimum absolute atomic E-state index is 0.0591. The molecule has 2 amide bonds. The molecule has 230 valence electrons. The van der Waals surface area contributed by atoms with Gasteiger partial charge in [-0.15, -0.1) is 0 Å². The Morgan fingerprint density at radius 2 is 1.00 bits per heavy atom. The molecule has 2 atom stereocenters. The van der Waals surface area contributed by atoms with Gasteiger partial charge >= 0.3 is 0 Å². The third kappa shape index (κ3) is 15.5. The number of Topliss-reactive ketones (excluding diaryl/α,β-unsaturated/α-hetero) is 2. The van der Waals surface area contributed by atoms with Gasteiger partial charge in [0, 0.05) is 49.1 Å². The second-order valence-electron chi connectivity index (χ2n) is 10.4. The van der Waals surface area contributed by atoms with Crippen molar-refractivity contribution < 1.29 is 19.2 Å². The number of hydrogen-bond acceptors (Lipinski definition) is 8. The summed E-state index contributed by atoms with van der Waals surface area (Å²) in [6, 6.07) is 5.79. The molecule has 0 radical (unpaired) electrons. The molecule has 0 aliphatic carbocycles. The second kappa shape index (κ2) is 21.9. The number of thioether (sulfide) groups is 2. The largest absolute Gasteiger partial charge is 0.342 e. The Balaban J connectivity index is 1.33. The van der Waals surface area contributed by atoms with E-state index in [4.69, 9.17) is 0 Å². The van der Waals surface area contributed by atoms with Gasteiger partial charge in [-0.05, 0) is 62.5 Å². The van der Waals surface area contributed by atoms with E-state index in [1.54, 1.807) is 50.5 Å². The maximum absolute atomic E-state index is 12.3. The van der Waals surface area contributed by atoms with Gasteiger partial charge in [-0.25, -0.2) is 0 Å². The summed E-state index contributed by atoms with van der Waals surface area (Å²) in [4.78, 5) is 56.7. The van der Waals surface area contributed by atoms with Crippen LogP contribution in [0.25, 0.3) is 0 Å². The van der Waals surface area contributed by atoms with Crippen molar-refractivity contribution in [2.45, 2.75) is 90.1 Å². The Kier molecular flexibility index (Phi) is 18.5. The third-order valence-corrected chi connectivity index (χ3v) is 8.96. The number of aromatic nitrogens is 2. The van der Waals surface area contributed by atoms with Crippen LogP contribution in [0.2, 0.25) is 0 Å². The predicted octanol–water partition coefficient (Wildman–Crippen LogP) is 5.92. The fourth-order valence-electron chi connectivity index (χ4n) is 4.17. The molecule has 2 N–H and O–H groups in total. The van der Waals surface area contributed by atoms with Crippen molar-refractivity contribution in [1.29, 1.82) is 0 Å². The van der Waals surface area contributed by atoms with Gasteiger partial charge in [0.2, 0.25) is 0 Å². The number of nitrogens with zero attached hydrogens (tertiary/aromatic N) is 2. The highest BCUT2D eigenvalue weighted by atomic mass is 32.2. The molecule has 2 aromatic rings. The van der Waals surface area contributed by atoms with Crippen LogP contribution in [0.3, 0.4) is 0 Å². The van der Waals surface area contributed by atoms with Crippen LogP contribution < -0.4 is 10.6 Å². The molecule has 0 unspecified atom stereocenters. The third-order valence-electron chi connectivity index (χ3n) is 6.82. The fourth-order valence-corrected chi connectivity index (χ4v) is 6.08. The quantitative estimate of drug-likeness (QED) is 0.148. The van der Waals surface area contributed by atoms with E-state index in [2.05, 4.69) is 20.6 Å². The Bertz CT molecular complexity index is 987. The smallest absolute Gasteiger partial charge is 0.253 e. The first-order valence-electron chi connectivity index (χ1n) is 15.0. The standard InChI is InChI=1S/C32H46N4O4S2/c1-25(35-31(39)27-13-11-17-33-23-27)29(37)15-21-41-19-9-7-5-3-4-6-8-10-20-42-22-16-30(38)26(2)36-32(40)28-14-12-18-34-24-28/h11-14,17-18,23-26H,3-10,15-16,19-22H2,1-2H3,(H,35,39)(H,36,40)/t25-,26-/m0/s1. The first kappa shape index (κ1) is 35.5. The molecule has 2 heterocycles. The van der Waals surface area contributed by atoms with Gasteiger partial charge in [-0.2, -0.15) is 23.5 Å². The molecular weight excluding hydrogens is 569 g/mol. The zero-order valence-corrected chi connectivity index (χ0v) is 26.6. The van der Waals surface area contributed by atoms with Crippen molar-refractivity contribution in [1.82, 2.24) is 20.6 Å². The monoisotopic (exact) mass is 614 g/mol. The lowest BCUT2D eigenvalue weighted by Crippen LogP contribution is -2.38. The van der Waals surface area contributed by atoms with Crippen LogP contribution in [0.4, 0.5) is 0 Å². The highest BCUT2D eigenvalue weighted by molar-refractivity contribution is 7.99. The Morgan fingerprint density at radius 3 is 1.36 bits per heavy atom. The molecule has 2 aromatic heterocycles. The van der Waals surface area contributed by atoms with E-state index in [0.717, 1.165) is 23.0 Å². The SMILES string of the molecule is C[C@H](NC(=O)c1cccnc1)C(=O)CCSCCCCCCCCCCSCCC(=O)[C@H](C)NC(=O)c1cccnc1. The van der Waals surface area contributed by atoms with Crippen LogP contribution in [-0.2, 0) is 9.59 Å². The average Bonchev–Trinajstić information content (AvgIpc) is 3.01. The van der Waals surface area contributed by atoms with Crippen LogP contribution in [0.15, 0.2) is 49.1 Å². The predicted molar refractivity (Wildman–Crippen MR) is 173 cm³/mol. The number of nitrogens with one attached hydrogen (secondary N) is 2. The fraction of sp³-hybridized carbons (Fsp3) is 0.562. The van der Waals surface area contributed by atoms with Crippen molar-refractivity contribution in [2.24, 2.45) is 0 Å². The molecule has 0 bridgehead atoms. The van der Waals surface area contributed by atoms with Gasteiger partial charge in [0.25, 0.3) is 11.8 Å². The van der Waals surface area contributed by atoms with Crippen LogP contribution >= 0.6 is 23.5 Å². The zero-order valence-electron chi connectivity index (χ0n) is 25.0. The number of hydrogen-bond donors (Lipinski definition) is 2. The van der Waals surface area contributed by atoms with Crippen molar-refractivity contribution >= 4 is 46.9 Å². The number of unbranched alkanes of at least 4 members (excludes halogenated alkanes) is 7. The number of pyridine rings is 2. The Labute approximate surface area is 259 Å². The number of ketones is 2. The Hall–Kier alpha value is -2.72. The van der Waals surface area contributed by atoms with Crippen molar-refractivity contribution in [3.8, 4) is 0 Å². The van der Waals surface area contributed by atoms with Crippen molar-refractivity contribution in [3.63, 3.8) is 0 Å². The Morgan fingerprint density at radius 1 is 0.619 bits per heavy atom. The maximum atomic E-state index is 12.3. The van der Waals surface area contributed by atoms with Crippen LogP contribution in [0, 0.1) is 0 Å². The molecule has 42 heavy (non-hydrogen) atoms. The minimum Gasteiger partial charge on any atom is -0.342 e. The molecule has 8 nitrogen and oxygen atoms in total.